The standard InChI is InChI=1S/C17H16F3NO3S/c18-13-6-8-15(9-7-13)25(22,23)21(14-4-2-1-3-5-14)10-11-24-16-12-17(16,19)20/h1-9,16H,10-12H2. The maximum Gasteiger partial charge on any atom is 0.276 e. The van der Waals surface area contributed by atoms with Crippen molar-refractivity contribution in [2.45, 2.75) is 23.3 Å². The topological polar surface area (TPSA) is 46.6 Å². The lowest BCUT2D eigenvalue weighted by molar-refractivity contribution is 0.0163. The highest BCUT2D eigenvalue weighted by atomic mass is 32.2. The van der Waals surface area contributed by atoms with Crippen LogP contribution >= 0.6 is 0 Å². The summed E-state index contributed by atoms with van der Waals surface area (Å²) in [5.74, 6) is -3.38. The van der Waals surface area contributed by atoms with Gasteiger partial charge in [0.05, 0.1) is 23.7 Å². The number of hydrogen-bond acceptors (Lipinski definition) is 3. The molecule has 0 spiro atoms. The number of ether oxygens (including phenoxy) is 1. The minimum atomic E-state index is -3.98. The number of halogens is 3. The van der Waals surface area contributed by atoms with Crippen LogP contribution in [0.3, 0.4) is 0 Å². The molecular weight excluding hydrogens is 355 g/mol. The Morgan fingerprint density at radius 1 is 1.08 bits per heavy atom. The zero-order valence-corrected chi connectivity index (χ0v) is 13.9. The Balaban J connectivity index is 1.81. The van der Waals surface area contributed by atoms with Gasteiger partial charge in [-0.25, -0.2) is 21.6 Å². The van der Waals surface area contributed by atoms with Gasteiger partial charge >= 0.3 is 0 Å². The molecule has 1 aliphatic carbocycles. The molecule has 0 amide bonds. The molecule has 0 saturated heterocycles. The molecule has 8 heteroatoms. The highest BCUT2D eigenvalue weighted by molar-refractivity contribution is 7.92. The molecule has 0 bridgehead atoms. The monoisotopic (exact) mass is 371 g/mol. The number of nitrogens with zero attached hydrogens (tertiary/aromatic N) is 1. The van der Waals surface area contributed by atoms with Gasteiger partial charge in [-0.1, -0.05) is 18.2 Å². The van der Waals surface area contributed by atoms with Gasteiger partial charge in [-0.15, -0.1) is 0 Å². The first-order chi connectivity index (χ1) is 11.8. The third kappa shape index (κ3) is 3.96. The lowest BCUT2D eigenvalue weighted by atomic mass is 10.3. The molecule has 0 radical (unpaired) electrons. The fourth-order valence-electron chi connectivity index (χ4n) is 2.36. The molecule has 1 atom stereocenters. The van der Waals surface area contributed by atoms with E-state index in [1.807, 2.05) is 0 Å². The lowest BCUT2D eigenvalue weighted by Gasteiger charge is -2.24. The molecule has 1 saturated carbocycles. The van der Waals surface area contributed by atoms with Crippen LogP contribution in [-0.2, 0) is 14.8 Å². The van der Waals surface area contributed by atoms with Crippen LogP contribution in [0.5, 0.6) is 0 Å². The quantitative estimate of drug-likeness (QED) is 0.749. The van der Waals surface area contributed by atoms with Crippen molar-refractivity contribution >= 4 is 15.7 Å². The fraction of sp³-hybridized carbons (Fsp3) is 0.294. The van der Waals surface area contributed by atoms with Crippen molar-refractivity contribution in [1.29, 1.82) is 0 Å². The van der Waals surface area contributed by atoms with E-state index in [4.69, 9.17) is 4.74 Å². The molecular formula is C17H16F3NO3S. The largest absolute Gasteiger partial charge is 0.370 e. The Kier molecular flexibility index (Phi) is 4.75. The number of alkyl halides is 2. The fourth-order valence-corrected chi connectivity index (χ4v) is 3.81. The highest BCUT2D eigenvalue weighted by Gasteiger charge is 2.58. The molecule has 25 heavy (non-hydrogen) atoms. The Morgan fingerprint density at radius 3 is 2.24 bits per heavy atom. The van der Waals surface area contributed by atoms with Gasteiger partial charge in [0.2, 0.25) is 0 Å². The van der Waals surface area contributed by atoms with Crippen LogP contribution in [0.2, 0.25) is 0 Å². The summed E-state index contributed by atoms with van der Waals surface area (Å²) in [5, 5.41) is 0. The minimum absolute atomic E-state index is 0.0884. The van der Waals surface area contributed by atoms with Crippen molar-refractivity contribution in [2.24, 2.45) is 0 Å². The number of benzene rings is 2. The second-order valence-electron chi connectivity index (χ2n) is 5.69. The Labute approximate surface area is 143 Å². The van der Waals surface area contributed by atoms with E-state index in [1.165, 1.54) is 0 Å². The predicted molar refractivity (Wildman–Crippen MR) is 86.7 cm³/mol. The Hall–Kier alpha value is -2.06. The molecule has 0 N–H and O–H groups in total. The SMILES string of the molecule is O=S(=O)(c1ccc(F)cc1)N(CCOC1CC1(F)F)c1ccccc1. The highest BCUT2D eigenvalue weighted by Crippen LogP contribution is 2.44. The maximum absolute atomic E-state index is 13.1. The smallest absolute Gasteiger partial charge is 0.276 e. The van der Waals surface area contributed by atoms with E-state index >= 15 is 0 Å². The van der Waals surface area contributed by atoms with Gasteiger partial charge in [0.1, 0.15) is 11.9 Å². The molecule has 134 valence electrons. The molecule has 0 aliphatic heterocycles. The molecule has 0 heterocycles. The second-order valence-corrected chi connectivity index (χ2v) is 7.55. The van der Waals surface area contributed by atoms with E-state index in [0.29, 0.717) is 5.69 Å². The average Bonchev–Trinajstić information content (AvgIpc) is 3.19. The van der Waals surface area contributed by atoms with Gasteiger partial charge in [-0.05, 0) is 36.4 Å². The van der Waals surface area contributed by atoms with Gasteiger partial charge < -0.3 is 4.74 Å². The predicted octanol–water partition coefficient (Wildman–Crippen LogP) is 3.45. The van der Waals surface area contributed by atoms with Crippen molar-refractivity contribution in [3.05, 3.63) is 60.4 Å². The van der Waals surface area contributed by atoms with E-state index in [2.05, 4.69) is 0 Å². The van der Waals surface area contributed by atoms with E-state index in [-0.39, 0.29) is 24.5 Å². The number of anilines is 1. The first-order valence-corrected chi connectivity index (χ1v) is 9.07. The van der Waals surface area contributed by atoms with Crippen molar-refractivity contribution in [2.75, 3.05) is 17.5 Å². The molecule has 2 aromatic rings. The van der Waals surface area contributed by atoms with Crippen LogP contribution in [0.15, 0.2) is 59.5 Å². The van der Waals surface area contributed by atoms with Crippen LogP contribution < -0.4 is 4.31 Å². The molecule has 1 unspecified atom stereocenters. The van der Waals surface area contributed by atoms with Crippen molar-refractivity contribution in [3.8, 4) is 0 Å². The number of sulfonamides is 1. The molecule has 1 aliphatic rings. The number of rotatable bonds is 7. The summed E-state index contributed by atoms with van der Waals surface area (Å²) in [6, 6.07) is 12.7. The third-order valence-corrected chi connectivity index (χ3v) is 5.67. The Morgan fingerprint density at radius 2 is 1.68 bits per heavy atom. The first kappa shape index (κ1) is 17.8. The molecule has 3 rings (SSSR count). The summed E-state index contributed by atoms with van der Waals surface area (Å²) in [7, 11) is -3.98. The average molecular weight is 371 g/mol. The Bertz CT molecular complexity index is 826. The molecule has 1 fully saturated rings. The van der Waals surface area contributed by atoms with Crippen molar-refractivity contribution < 1.29 is 26.3 Å². The zero-order valence-electron chi connectivity index (χ0n) is 13.1. The van der Waals surface area contributed by atoms with E-state index in [9.17, 15) is 21.6 Å². The molecule has 2 aromatic carbocycles. The third-order valence-electron chi connectivity index (χ3n) is 3.83. The summed E-state index contributed by atoms with van der Waals surface area (Å²) in [6.07, 6.45) is -1.50. The van der Waals surface area contributed by atoms with E-state index in [0.717, 1.165) is 28.6 Å². The summed E-state index contributed by atoms with van der Waals surface area (Å²) in [6.45, 7) is -0.300. The summed E-state index contributed by atoms with van der Waals surface area (Å²) in [4.78, 5) is -0.0884. The van der Waals surface area contributed by atoms with Gasteiger partial charge in [-0.3, -0.25) is 4.31 Å². The number of para-hydroxylation sites is 1. The van der Waals surface area contributed by atoms with Crippen LogP contribution in [-0.4, -0.2) is 33.6 Å². The summed E-state index contributed by atoms with van der Waals surface area (Å²) < 4.78 is 70.7. The van der Waals surface area contributed by atoms with Crippen LogP contribution in [0.1, 0.15) is 6.42 Å². The minimum Gasteiger partial charge on any atom is -0.370 e. The van der Waals surface area contributed by atoms with Crippen molar-refractivity contribution in [3.63, 3.8) is 0 Å². The first-order valence-electron chi connectivity index (χ1n) is 7.63. The zero-order chi connectivity index (χ0) is 18.1. The van der Waals surface area contributed by atoms with Gasteiger partial charge in [-0.2, -0.15) is 0 Å². The lowest BCUT2D eigenvalue weighted by Crippen LogP contribution is -2.34. The summed E-state index contributed by atoms with van der Waals surface area (Å²) in [5.41, 5.74) is 0.373. The summed E-state index contributed by atoms with van der Waals surface area (Å²) >= 11 is 0. The number of hydrogen-bond donors (Lipinski definition) is 0. The van der Waals surface area contributed by atoms with E-state index < -0.39 is 27.9 Å². The normalized spacial score (nSPS) is 18.8. The van der Waals surface area contributed by atoms with Gasteiger partial charge in [0.25, 0.3) is 15.9 Å². The second kappa shape index (κ2) is 6.68. The van der Waals surface area contributed by atoms with Gasteiger partial charge in [0.15, 0.2) is 0 Å². The van der Waals surface area contributed by atoms with Gasteiger partial charge in [0, 0.05) is 6.42 Å². The van der Waals surface area contributed by atoms with Crippen LogP contribution in [0, 0.1) is 5.82 Å². The van der Waals surface area contributed by atoms with E-state index in [1.54, 1.807) is 30.3 Å². The maximum atomic E-state index is 13.1. The molecule has 0 aromatic heterocycles. The molecule has 4 nitrogen and oxygen atoms in total. The van der Waals surface area contributed by atoms with Crippen LogP contribution in [0.25, 0.3) is 0 Å². The van der Waals surface area contributed by atoms with Crippen molar-refractivity contribution in [1.82, 2.24) is 0 Å². The van der Waals surface area contributed by atoms with Crippen LogP contribution in [0.4, 0.5) is 18.9 Å².